The molecule has 1 amide bonds. The Morgan fingerprint density at radius 1 is 0.933 bits per heavy atom. The summed E-state index contributed by atoms with van der Waals surface area (Å²) >= 11 is 0. The van der Waals surface area contributed by atoms with Crippen molar-refractivity contribution in [1.82, 2.24) is 20.1 Å². The zero-order valence-corrected chi connectivity index (χ0v) is 16.6. The van der Waals surface area contributed by atoms with Crippen molar-refractivity contribution >= 4 is 5.91 Å². The molecule has 0 unspecified atom stereocenters. The predicted octanol–water partition coefficient (Wildman–Crippen LogP) is 4.27. The van der Waals surface area contributed by atoms with Gasteiger partial charge in [0.25, 0.3) is 0 Å². The third-order valence-corrected chi connectivity index (χ3v) is 5.63. The number of aromatic amines is 1. The Morgan fingerprint density at radius 3 is 2.47 bits per heavy atom. The van der Waals surface area contributed by atoms with Gasteiger partial charge in [0.2, 0.25) is 5.91 Å². The number of amides is 1. The molecule has 0 radical (unpaired) electrons. The van der Waals surface area contributed by atoms with Crippen LogP contribution in [0.15, 0.2) is 79.1 Å². The summed E-state index contributed by atoms with van der Waals surface area (Å²) in [5.74, 6) is 0.125. The van der Waals surface area contributed by atoms with Crippen LogP contribution in [0.3, 0.4) is 0 Å². The molecule has 0 fully saturated rings. The van der Waals surface area contributed by atoms with E-state index in [-0.39, 0.29) is 5.91 Å². The van der Waals surface area contributed by atoms with Crippen LogP contribution in [0, 0.1) is 0 Å². The molecule has 5 rings (SSSR count). The lowest BCUT2D eigenvalue weighted by Crippen LogP contribution is -2.36. The van der Waals surface area contributed by atoms with Crippen LogP contribution in [-0.4, -0.2) is 32.5 Å². The topological polar surface area (TPSA) is 61.9 Å². The molecule has 148 valence electrons. The Hall–Kier alpha value is -3.73. The van der Waals surface area contributed by atoms with E-state index in [2.05, 4.69) is 51.6 Å². The van der Waals surface area contributed by atoms with Crippen molar-refractivity contribution in [2.45, 2.75) is 19.4 Å². The first-order valence-corrected chi connectivity index (χ1v) is 10.2. The molecule has 0 saturated heterocycles. The van der Waals surface area contributed by atoms with Crippen LogP contribution in [0.25, 0.3) is 22.4 Å². The Labute approximate surface area is 175 Å². The Bertz CT molecular complexity index is 1150. The average Bonchev–Trinajstić information content (AvgIpc) is 3.24. The Balaban J connectivity index is 1.36. The Morgan fingerprint density at radius 2 is 1.70 bits per heavy atom. The SMILES string of the molecule is O=C(Cc1cccnc1)N1CCc2[nH]nc(-c3ccc(-c4ccccc4)cc3)c2C1. The lowest BCUT2D eigenvalue weighted by molar-refractivity contribution is -0.131. The van der Waals surface area contributed by atoms with Crippen LogP contribution in [0.4, 0.5) is 0 Å². The summed E-state index contributed by atoms with van der Waals surface area (Å²) < 4.78 is 0. The predicted molar refractivity (Wildman–Crippen MR) is 117 cm³/mol. The van der Waals surface area contributed by atoms with E-state index < -0.39 is 0 Å². The maximum absolute atomic E-state index is 12.8. The minimum atomic E-state index is 0.125. The molecule has 2 aromatic heterocycles. The van der Waals surface area contributed by atoms with Gasteiger partial charge in [0.05, 0.1) is 12.1 Å². The van der Waals surface area contributed by atoms with E-state index in [1.807, 2.05) is 35.2 Å². The van der Waals surface area contributed by atoms with Crippen molar-refractivity contribution < 1.29 is 4.79 Å². The highest BCUT2D eigenvalue weighted by atomic mass is 16.2. The molecule has 4 aromatic rings. The summed E-state index contributed by atoms with van der Waals surface area (Å²) in [5, 5.41) is 7.76. The van der Waals surface area contributed by atoms with Crippen molar-refractivity contribution in [1.29, 1.82) is 0 Å². The van der Waals surface area contributed by atoms with Crippen molar-refractivity contribution in [2.24, 2.45) is 0 Å². The van der Waals surface area contributed by atoms with Crippen LogP contribution in [0.2, 0.25) is 0 Å². The summed E-state index contributed by atoms with van der Waals surface area (Å²) in [6.45, 7) is 1.29. The van der Waals surface area contributed by atoms with Gasteiger partial charge in [-0.15, -0.1) is 0 Å². The fourth-order valence-corrected chi connectivity index (χ4v) is 3.99. The largest absolute Gasteiger partial charge is 0.338 e. The van der Waals surface area contributed by atoms with Gasteiger partial charge in [-0.2, -0.15) is 5.10 Å². The fraction of sp³-hybridized carbons (Fsp3) is 0.160. The number of aromatic nitrogens is 3. The molecule has 2 aromatic carbocycles. The van der Waals surface area contributed by atoms with Gasteiger partial charge < -0.3 is 4.90 Å². The molecular formula is C25H22N4O. The third-order valence-electron chi connectivity index (χ3n) is 5.63. The fourth-order valence-electron chi connectivity index (χ4n) is 3.99. The van der Waals surface area contributed by atoms with Crippen molar-refractivity contribution in [3.8, 4) is 22.4 Å². The van der Waals surface area contributed by atoms with E-state index >= 15 is 0 Å². The number of rotatable bonds is 4. The second-order valence-electron chi connectivity index (χ2n) is 7.58. The number of nitrogens with zero attached hydrogens (tertiary/aromatic N) is 3. The summed E-state index contributed by atoms with van der Waals surface area (Å²) in [7, 11) is 0. The highest BCUT2D eigenvalue weighted by molar-refractivity contribution is 5.79. The Kier molecular flexibility index (Phi) is 4.85. The number of carbonyl (C=O) groups excluding carboxylic acids is 1. The zero-order chi connectivity index (χ0) is 20.3. The molecule has 5 heteroatoms. The molecule has 1 aliphatic rings. The standard InChI is InChI=1S/C25H22N4O/c30-24(15-18-5-4-13-26-16-18)29-14-12-23-22(17-29)25(28-27-23)21-10-8-20(9-11-21)19-6-2-1-3-7-19/h1-11,13,16H,12,14-15,17H2,(H,27,28). The van der Waals surface area contributed by atoms with Gasteiger partial charge in [0, 0.05) is 48.7 Å². The molecular weight excluding hydrogens is 372 g/mol. The summed E-state index contributed by atoms with van der Waals surface area (Å²) in [6, 6.07) is 22.6. The van der Waals surface area contributed by atoms with Crippen LogP contribution in [0.5, 0.6) is 0 Å². The maximum Gasteiger partial charge on any atom is 0.227 e. The van der Waals surface area contributed by atoms with Crippen LogP contribution in [-0.2, 0) is 24.2 Å². The smallest absolute Gasteiger partial charge is 0.227 e. The van der Waals surface area contributed by atoms with Gasteiger partial charge in [-0.05, 0) is 22.8 Å². The summed E-state index contributed by atoms with van der Waals surface area (Å²) in [6.07, 6.45) is 4.65. The number of H-pyrrole nitrogens is 1. The van der Waals surface area contributed by atoms with Gasteiger partial charge in [-0.3, -0.25) is 14.9 Å². The number of pyridine rings is 1. The van der Waals surface area contributed by atoms with Crippen molar-refractivity contribution in [3.63, 3.8) is 0 Å². The molecule has 5 nitrogen and oxygen atoms in total. The van der Waals surface area contributed by atoms with Gasteiger partial charge in [-0.1, -0.05) is 60.7 Å². The van der Waals surface area contributed by atoms with E-state index in [9.17, 15) is 4.79 Å². The highest BCUT2D eigenvalue weighted by Crippen LogP contribution is 2.30. The average molecular weight is 394 g/mol. The molecule has 0 bridgehead atoms. The minimum Gasteiger partial charge on any atom is -0.338 e. The normalized spacial score (nSPS) is 13.1. The molecule has 0 atom stereocenters. The molecule has 0 aliphatic carbocycles. The van der Waals surface area contributed by atoms with Crippen LogP contribution in [0.1, 0.15) is 16.8 Å². The van der Waals surface area contributed by atoms with E-state index in [1.165, 1.54) is 11.1 Å². The monoisotopic (exact) mass is 394 g/mol. The van der Waals surface area contributed by atoms with E-state index in [4.69, 9.17) is 0 Å². The van der Waals surface area contributed by atoms with E-state index in [0.29, 0.717) is 19.5 Å². The molecule has 3 heterocycles. The van der Waals surface area contributed by atoms with Crippen molar-refractivity contribution in [3.05, 3.63) is 95.9 Å². The quantitative estimate of drug-likeness (QED) is 0.562. The molecule has 0 spiro atoms. The lowest BCUT2D eigenvalue weighted by Gasteiger charge is -2.27. The number of hydrogen-bond acceptors (Lipinski definition) is 3. The molecule has 1 aliphatic heterocycles. The first kappa shape index (κ1) is 18.3. The summed E-state index contributed by atoms with van der Waals surface area (Å²) in [4.78, 5) is 18.8. The first-order chi connectivity index (χ1) is 14.8. The van der Waals surface area contributed by atoms with Gasteiger partial charge in [0.15, 0.2) is 0 Å². The second kappa shape index (κ2) is 7.95. The van der Waals surface area contributed by atoms with Gasteiger partial charge >= 0.3 is 0 Å². The van der Waals surface area contributed by atoms with Gasteiger partial charge in [0.1, 0.15) is 0 Å². The van der Waals surface area contributed by atoms with Crippen LogP contribution >= 0.6 is 0 Å². The summed E-state index contributed by atoms with van der Waals surface area (Å²) in [5.41, 5.74) is 7.56. The van der Waals surface area contributed by atoms with Crippen molar-refractivity contribution in [2.75, 3.05) is 6.54 Å². The number of hydrogen-bond donors (Lipinski definition) is 1. The van der Waals surface area contributed by atoms with E-state index in [1.54, 1.807) is 12.4 Å². The number of fused-ring (bicyclic) bond motifs is 1. The van der Waals surface area contributed by atoms with Crippen LogP contribution < -0.4 is 0 Å². The maximum atomic E-state index is 12.8. The first-order valence-electron chi connectivity index (χ1n) is 10.2. The minimum absolute atomic E-state index is 0.125. The second-order valence-corrected chi connectivity index (χ2v) is 7.58. The zero-order valence-electron chi connectivity index (χ0n) is 16.6. The third kappa shape index (κ3) is 3.62. The lowest BCUT2D eigenvalue weighted by atomic mass is 9.98. The molecule has 30 heavy (non-hydrogen) atoms. The molecule has 1 N–H and O–H groups in total. The highest BCUT2D eigenvalue weighted by Gasteiger charge is 2.25. The molecule has 0 saturated carbocycles. The number of nitrogens with one attached hydrogen (secondary N) is 1. The van der Waals surface area contributed by atoms with Gasteiger partial charge in [-0.25, -0.2) is 0 Å². The number of benzene rings is 2. The van der Waals surface area contributed by atoms with E-state index in [0.717, 1.165) is 34.5 Å². The number of carbonyl (C=O) groups is 1.